The number of carboxylic acid groups (broad SMARTS) is 1. The van der Waals surface area contributed by atoms with E-state index in [0.29, 0.717) is 11.3 Å². The summed E-state index contributed by atoms with van der Waals surface area (Å²) in [6.07, 6.45) is 0. The molecule has 0 spiro atoms. The molecule has 1 aromatic rings. The third-order valence-corrected chi connectivity index (χ3v) is 2.82. The molecule has 4 heteroatoms. The zero-order valence-electron chi connectivity index (χ0n) is 10.00. The average Bonchev–Trinajstić information content (AvgIpc) is 2.20. The fraction of sp³-hybridized carbons (Fsp3) is 0.417. The van der Waals surface area contributed by atoms with Gasteiger partial charge in [-0.3, -0.25) is 0 Å². The lowest BCUT2D eigenvalue weighted by Crippen LogP contribution is -2.42. The molecular formula is C12H17NO3. The summed E-state index contributed by atoms with van der Waals surface area (Å²) in [5, 5.41) is 9.09. The number of ether oxygens (including phenoxy) is 1. The van der Waals surface area contributed by atoms with Crippen LogP contribution in [0.5, 0.6) is 5.75 Å². The normalized spacial score (nSPS) is 14.3. The highest BCUT2D eigenvalue weighted by Gasteiger charge is 2.33. The number of aryl methyl sites for hydroxylation is 2. The molecule has 1 rings (SSSR count). The van der Waals surface area contributed by atoms with Gasteiger partial charge in [-0.05, 0) is 44.0 Å². The van der Waals surface area contributed by atoms with Gasteiger partial charge < -0.3 is 15.6 Å². The Morgan fingerprint density at radius 2 is 1.88 bits per heavy atom. The zero-order valence-corrected chi connectivity index (χ0v) is 10.00. The van der Waals surface area contributed by atoms with E-state index in [2.05, 4.69) is 0 Å². The predicted molar refractivity (Wildman–Crippen MR) is 61.6 cm³/mol. The molecule has 1 atom stereocenters. The van der Waals surface area contributed by atoms with Gasteiger partial charge in [0, 0.05) is 5.56 Å². The minimum Gasteiger partial charge on any atom is -0.496 e. The van der Waals surface area contributed by atoms with Gasteiger partial charge in [-0.25, -0.2) is 4.79 Å². The highest BCUT2D eigenvalue weighted by molar-refractivity contribution is 5.81. The van der Waals surface area contributed by atoms with Gasteiger partial charge in [0.25, 0.3) is 0 Å². The number of hydrogen-bond acceptors (Lipinski definition) is 3. The van der Waals surface area contributed by atoms with Crippen LogP contribution in [0.4, 0.5) is 0 Å². The second-order valence-electron chi connectivity index (χ2n) is 4.14. The first-order chi connectivity index (χ1) is 7.30. The largest absolute Gasteiger partial charge is 0.496 e. The monoisotopic (exact) mass is 223 g/mol. The van der Waals surface area contributed by atoms with Crippen molar-refractivity contribution in [2.75, 3.05) is 7.11 Å². The van der Waals surface area contributed by atoms with Crippen LogP contribution in [0.15, 0.2) is 12.1 Å². The molecule has 1 unspecified atom stereocenters. The van der Waals surface area contributed by atoms with Crippen molar-refractivity contribution in [2.24, 2.45) is 5.73 Å². The third kappa shape index (κ3) is 2.02. The van der Waals surface area contributed by atoms with Crippen molar-refractivity contribution in [3.05, 3.63) is 28.8 Å². The van der Waals surface area contributed by atoms with Gasteiger partial charge >= 0.3 is 5.97 Å². The summed E-state index contributed by atoms with van der Waals surface area (Å²) >= 11 is 0. The van der Waals surface area contributed by atoms with Crippen LogP contribution in [0, 0.1) is 13.8 Å². The Balaban J connectivity index is 3.43. The van der Waals surface area contributed by atoms with Crippen molar-refractivity contribution in [1.29, 1.82) is 0 Å². The highest BCUT2D eigenvalue weighted by atomic mass is 16.5. The lowest BCUT2D eigenvalue weighted by molar-refractivity contribution is -0.143. The minimum atomic E-state index is -1.44. The van der Waals surface area contributed by atoms with E-state index in [1.807, 2.05) is 13.8 Å². The van der Waals surface area contributed by atoms with Gasteiger partial charge in [-0.1, -0.05) is 0 Å². The predicted octanol–water partition coefficient (Wildman–Crippen LogP) is 1.57. The highest BCUT2D eigenvalue weighted by Crippen LogP contribution is 2.31. The van der Waals surface area contributed by atoms with Gasteiger partial charge in [0.2, 0.25) is 0 Å². The van der Waals surface area contributed by atoms with E-state index in [1.165, 1.54) is 14.0 Å². The molecule has 0 aromatic heterocycles. The molecule has 1 aromatic carbocycles. The minimum absolute atomic E-state index is 0.491. The quantitative estimate of drug-likeness (QED) is 0.815. The fourth-order valence-corrected chi connectivity index (χ4v) is 1.48. The Hall–Kier alpha value is -1.55. The van der Waals surface area contributed by atoms with E-state index >= 15 is 0 Å². The van der Waals surface area contributed by atoms with E-state index in [0.717, 1.165) is 11.1 Å². The summed E-state index contributed by atoms with van der Waals surface area (Å²) in [6, 6.07) is 3.57. The van der Waals surface area contributed by atoms with E-state index in [1.54, 1.807) is 12.1 Å². The van der Waals surface area contributed by atoms with Crippen LogP contribution in [-0.2, 0) is 10.3 Å². The average molecular weight is 223 g/mol. The summed E-state index contributed by atoms with van der Waals surface area (Å²) in [5.41, 5.74) is 6.88. The van der Waals surface area contributed by atoms with Crippen molar-refractivity contribution in [3.8, 4) is 5.75 Å². The molecule has 0 saturated carbocycles. The maximum Gasteiger partial charge on any atom is 0.328 e. The molecule has 16 heavy (non-hydrogen) atoms. The van der Waals surface area contributed by atoms with Crippen LogP contribution in [-0.4, -0.2) is 18.2 Å². The first-order valence-corrected chi connectivity index (χ1v) is 4.98. The Morgan fingerprint density at radius 3 is 2.31 bits per heavy atom. The molecule has 0 bridgehead atoms. The van der Waals surface area contributed by atoms with Gasteiger partial charge in [0.1, 0.15) is 11.3 Å². The molecule has 0 aliphatic heterocycles. The van der Waals surface area contributed by atoms with Crippen LogP contribution >= 0.6 is 0 Å². The molecule has 0 heterocycles. The molecule has 0 amide bonds. The van der Waals surface area contributed by atoms with Gasteiger partial charge in [0.15, 0.2) is 0 Å². The molecule has 88 valence electrons. The number of rotatable bonds is 3. The Labute approximate surface area is 95.0 Å². The summed E-state index contributed by atoms with van der Waals surface area (Å²) < 4.78 is 5.17. The summed E-state index contributed by atoms with van der Waals surface area (Å²) in [6.45, 7) is 5.31. The summed E-state index contributed by atoms with van der Waals surface area (Å²) in [7, 11) is 1.51. The molecule has 4 nitrogen and oxygen atoms in total. The Morgan fingerprint density at radius 1 is 1.38 bits per heavy atom. The maximum atomic E-state index is 11.1. The number of hydrogen-bond donors (Lipinski definition) is 2. The third-order valence-electron chi connectivity index (χ3n) is 2.82. The van der Waals surface area contributed by atoms with Crippen LogP contribution in [0.3, 0.4) is 0 Å². The SMILES string of the molecule is COc1cc(C)c(C)cc1C(C)(N)C(=O)O. The van der Waals surface area contributed by atoms with Crippen molar-refractivity contribution < 1.29 is 14.6 Å². The van der Waals surface area contributed by atoms with E-state index in [9.17, 15) is 4.79 Å². The standard InChI is InChI=1S/C12H17NO3/c1-7-5-9(12(3,13)11(14)15)10(16-4)6-8(7)2/h5-6H,13H2,1-4H3,(H,14,15). The van der Waals surface area contributed by atoms with E-state index in [-0.39, 0.29) is 0 Å². The Kier molecular flexibility index (Phi) is 3.24. The van der Waals surface area contributed by atoms with Gasteiger partial charge in [0.05, 0.1) is 7.11 Å². The molecule has 0 saturated heterocycles. The van der Waals surface area contributed by atoms with Gasteiger partial charge in [-0.2, -0.15) is 0 Å². The number of benzene rings is 1. The number of carboxylic acids is 1. The molecular weight excluding hydrogens is 206 g/mol. The summed E-state index contributed by atoms with van der Waals surface area (Å²) in [4.78, 5) is 11.1. The molecule has 0 fully saturated rings. The molecule has 3 N–H and O–H groups in total. The van der Waals surface area contributed by atoms with Crippen LogP contribution < -0.4 is 10.5 Å². The molecule has 0 aliphatic rings. The van der Waals surface area contributed by atoms with E-state index < -0.39 is 11.5 Å². The number of nitrogens with two attached hydrogens (primary N) is 1. The lowest BCUT2D eigenvalue weighted by atomic mass is 9.90. The zero-order chi connectivity index (χ0) is 12.5. The summed E-state index contributed by atoms with van der Waals surface area (Å²) in [5.74, 6) is -0.565. The Bertz CT molecular complexity index is 425. The van der Waals surface area contributed by atoms with Crippen molar-refractivity contribution in [2.45, 2.75) is 26.3 Å². The number of carbonyl (C=O) groups is 1. The topological polar surface area (TPSA) is 72.5 Å². The first kappa shape index (κ1) is 12.5. The second-order valence-corrected chi connectivity index (χ2v) is 4.14. The maximum absolute atomic E-state index is 11.1. The van der Waals surface area contributed by atoms with E-state index in [4.69, 9.17) is 15.6 Å². The van der Waals surface area contributed by atoms with Crippen LogP contribution in [0.25, 0.3) is 0 Å². The fourth-order valence-electron chi connectivity index (χ4n) is 1.48. The first-order valence-electron chi connectivity index (χ1n) is 4.98. The lowest BCUT2D eigenvalue weighted by Gasteiger charge is -2.23. The molecule has 0 radical (unpaired) electrons. The number of methoxy groups -OCH3 is 1. The molecule has 0 aliphatic carbocycles. The van der Waals surface area contributed by atoms with Crippen molar-refractivity contribution >= 4 is 5.97 Å². The van der Waals surface area contributed by atoms with Crippen molar-refractivity contribution in [3.63, 3.8) is 0 Å². The smallest absolute Gasteiger partial charge is 0.328 e. The number of aliphatic carboxylic acids is 1. The van der Waals surface area contributed by atoms with Crippen molar-refractivity contribution in [1.82, 2.24) is 0 Å². The second kappa shape index (κ2) is 4.14. The van der Waals surface area contributed by atoms with Gasteiger partial charge in [-0.15, -0.1) is 0 Å². The van der Waals surface area contributed by atoms with Crippen LogP contribution in [0.2, 0.25) is 0 Å². The van der Waals surface area contributed by atoms with Crippen LogP contribution in [0.1, 0.15) is 23.6 Å².